The van der Waals surface area contributed by atoms with Gasteiger partial charge in [0.2, 0.25) is 0 Å². The normalized spacial score (nSPS) is 31.4. The second-order valence-corrected chi connectivity index (χ2v) is 9.16. The summed E-state index contributed by atoms with van der Waals surface area (Å²) in [5.74, 6) is 0.734. The first-order valence-electron chi connectivity index (χ1n) is 9.20. The van der Waals surface area contributed by atoms with Crippen molar-refractivity contribution in [1.82, 2.24) is 0 Å². The van der Waals surface area contributed by atoms with Gasteiger partial charge in [0.05, 0.1) is 0 Å². The average Bonchev–Trinajstić information content (AvgIpc) is 2.77. The standard InChI is InChI=1S/C20H21N3O5Se/c1-25-13-9-7-12(8-10-13)19-26-11-15-18(28-19)17(24)16(22-23-21)20(27-15)29-14-5-3-2-4-6-14/h2-10,15-20,24H,11H2,1H3/t15-,16-,17-,18+,19?,20-/m1/s1. The fraction of sp³-hybridized carbons (Fsp3) is 0.400. The van der Waals surface area contributed by atoms with Gasteiger partial charge in [-0.1, -0.05) is 0 Å². The summed E-state index contributed by atoms with van der Waals surface area (Å²) in [4.78, 5) is 2.93. The van der Waals surface area contributed by atoms with Crippen molar-refractivity contribution in [3.05, 3.63) is 70.6 Å². The Kier molecular flexibility index (Phi) is 6.37. The van der Waals surface area contributed by atoms with Crippen molar-refractivity contribution < 1.29 is 24.1 Å². The van der Waals surface area contributed by atoms with E-state index < -0.39 is 35.6 Å². The van der Waals surface area contributed by atoms with Crippen molar-refractivity contribution in [2.24, 2.45) is 5.11 Å². The van der Waals surface area contributed by atoms with Gasteiger partial charge in [-0.3, -0.25) is 0 Å². The molecule has 0 saturated carbocycles. The average molecular weight is 462 g/mol. The van der Waals surface area contributed by atoms with Crippen LogP contribution in [-0.2, 0) is 14.2 Å². The van der Waals surface area contributed by atoms with Crippen molar-refractivity contribution in [2.75, 3.05) is 13.7 Å². The van der Waals surface area contributed by atoms with E-state index in [4.69, 9.17) is 24.5 Å². The zero-order valence-corrected chi connectivity index (χ0v) is 17.4. The summed E-state index contributed by atoms with van der Waals surface area (Å²) in [7, 11) is 1.60. The quantitative estimate of drug-likeness (QED) is 0.316. The number of ether oxygens (including phenoxy) is 4. The first-order chi connectivity index (χ1) is 14.2. The van der Waals surface area contributed by atoms with Crippen LogP contribution >= 0.6 is 0 Å². The summed E-state index contributed by atoms with van der Waals surface area (Å²) in [6.07, 6.45) is -2.69. The van der Waals surface area contributed by atoms with Crippen molar-refractivity contribution in [3.8, 4) is 5.75 Å². The molecule has 1 unspecified atom stereocenters. The Morgan fingerprint density at radius 1 is 1.14 bits per heavy atom. The van der Waals surface area contributed by atoms with E-state index in [9.17, 15) is 5.11 Å². The number of fused-ring (bicyclic) bond motifs is 1. The molecule has 2 aliphatic heterocycles. The molecule has 0 amide bonds. The molecule has 0 radical (unpaired) electrons. The monoisotopic (exact) mass is 463 g/mol. The second kappa shape index (κ2) is 9.15. The molecule has 0 bridgehead atoms. The molecule has 2 saturated heterocycles. The van der Waals surface area contributed by atoms with E-state index in [2.05, 4.69) is 10.0 Å². The molecule has 152 valence electrons. The molecule has 0 aliphatic carbocycles. The van der Waals surface area contributed by atoms with Crippen LogP contribution in [0.4, 0.5) is 0 Å². The molecule has 6 atom stereocenters. The van der Waals surface area contributed by atoms with E-state index in [1.165, 1.54) is 0 Å². The Morgan fingerprint density at radius 3 is 2.59 bits per heavy atom. The van der Waals surface area contributed by atoms with Crippen LogP contribution in [0, 0.1) is 0 Å². The van der Waals surface area contributed by atoms with Gasteiger partial charge in [0.25, 0.3) is 0 Å². The van der Waals surface area contributed by atoms with Gasteiger partial charge in [-0.15, -0.1) is 0 Å². The molecular weight excluding hydrogens is 441 g/mol. The minimum atomic E-state index is -0.982. The van der Waals surface area contributed by atoms with Crippen LogP contribution in [0.15, 0.2) is 59.7 Å². The first-order valence-corrected chi connectivity index (χ1v) is 11.0. The number of azide groups is 1. The van der Waals surface area contributed by atoms with E-state index >= 15 is 0 Å². The van der Waals surface area contributed by atoms with Gasteiger partial charge in [-0.25, -0.2) is 0 Å². The van der Waals surface area contributed by atoms with Crippen LogP contribution in [0.3, 0.4) is 0 Å². The molecule has 9 heteroatoms. The van der Waals surface area contributed by atoms with Crippen LogP contribution < -0.4 is 9.20 Å². The predicted molar refractivity (Wildman–Crippen MR) is 106 cm³/mol. The van der Waals surface area contributed by atoms with E-state index in [1.807, 2.05) is 54.6 Å². The van der Waals surface area contributed by atoms with Gasteiger partial charge < -0.3 is 0 Å². The number of hydrogen-bond acceptors (Lipinski definition) is 6. The third-order valence-electron chi connectivity index (χ3n) is 4.90. The molecule has 2 fully saturated rings. The third kappa shape index (κ3) is 4.42. The summed E-state index contributed by atoms with van der Waals surface area (Å²) in [5, 5.41) is 14.4. The van der Waals surface area contributed by atoms with Gasteiger partial charge in [0.1, 0.15) is 0 Å². The number of methoxy groups -OCH3 is 1. The van der Waals surface area contributed by atoms with Gasteiger partial charge in [0, 0.05) is 0 Å². The molecule has 8 nitrogen and oxygen atoms in total. The second-order valence-electron chi connectivity index (χ2n) is 6.70. The summed E-state index contributed by atoms with van der Waals surface area (Å²) in [6.45, 7) is 0.281. The molecule has 2 aliphatic rings. The van der Waals surface area contributed by atoms with Crippen LogP contribution in [0.25, 0.3) is 10.4 Å². The SMILES string of the molecule is COc1ccc(C2OC[C@H]3O[C@H]([Se]c4ccccc4)[C@H](N=[N+]=[N-])[C@@H](O)[C@H]3O2)cc1. The third-order valence-corrected chi connectivity index (χ3v) is 7.35. The van der Waals surface area contributed by atoms with Crippen LogP contribution in [0.2, 0.25) is 0 Å². The number of benzene rings is 2. The van der Waals surface area contributed by atoms with E-state index in [0.29, 0.717) is 0 Å². The Labute approximate surface area is 174 Å². The van der Waals surface area contributed by atoms with Crippen LogP contribution in [-0.4, -0.2) is 63.1 Å². The van der Waals surface area contributed by atoms with E-state index in [0.717, 1.165) is 15.8 Å². The molecule has 0 aromatic heterocycles. The Bertz CT molecular complexity index is 862. The predicted octanol–water partition coefficient (Wildman–Crippen LogP) is 1.90. The maximum absolute atomic E-state index is 11.0. The summed E-state index contributed by atoms with van der Waals surface area (Å²) in [5.41, 5.74) is 9.83. The number of nitrogens with zero attached hydrogens (tertiary/aromatic N) is 3. The Morgan fingerprint density at radius 2 is 1.90 bits per heavy atom. The zero-order chi connectivity index (χ0) is 20.2. The molecule has 4 rings (SSSR count). The van der Waals surface area contributed by atoms with Crippen LogP contribution in [0.5, 0.6) is 5.75 Å². The van der Waals surface area contributed by atoms with Gasteiger partial charge in [-0.05, 0) is 0 Å². The summed E-state index contributed by atoms with van der Waals surface area (Å²) >= 11 is -0.140. The maximum atomic E-state index is 11.0. The Hall–Kier alpha value is -2.09. The topological polar surface area (TPSA) is 106 Å². The van der Waals surface area contributed by atoms with E-state index in [1.54, 1.807) is 7.11 Å². The zero-order valence-electron chi connectivity index (χ0n) is 15.7. The molecule has 29 heavy (non-hydrogen) atoms. The van der Waals surface area contributed by atoms with Gasteiger partial charge in [-0.2, -0.15) is 0 Å². The first kappa shape index (κ1) is 20.2. The molecule has 0 spiro atoms. The van der Waals surface area contributed by atoms with Crippen molar-refractivity contribution in [1.29, 1.82) is 0 Å². The molecule has 1 N–H and O–H groups in total. The molecular formula is C20H21N3O5Se. The van der Waals surface area contributed by atoms with Gasteiger partial charge >= 0.3 is 174 Å². The number of rotatable bonds is 5. The minimum absolute atomic E-state index is 0.140. The van der Waals surface area contributed by atoms with E-state index in [-0.39, 0.29) is 21.6 Å². The van der Waals surface area contributed by atoms with Crippen molar-refractivity contribution in [3.63, 3.8) is 0 Å². The van der Waals surface area contributed by atoms with Gasteiger partial charge in [0.15, 0.2) is 0 Å². The fourth-order valence-corrected chi connectivity index (χ4v) is 5.80. The summed E-state index contributed by atoms with van der Waals surface area (Å²) < 4.78 is 24.3. The molecule has 2 heterocycles. The summed E-state index contributed by atoms with van der Waals surface area (Å²) in [6, 6.07) is 16.5. The molecule has 2 aromatic rings. The number of hydrogen-bond donors (Lipinski definition) is 1. The number of aliphatic hydroxyl groups is 1. The Balaban J connectivity index is 1.51. The molecule has 2 aromatic carbocycles. The number of aliphatic hydroxyl groups excluding tert-OH is 1. The van der Waals surface area contributed by atoms with Crippen molar-refractivity contribution in [2.45, 2.75) is 35.6 Å². The van der Waals surface area contributed by atoms with Crippen molar-refractivity contribution >= 4 is 19.4 Å². The van der Waals surface area contributed by atoms with Crippen LogP contribution in [0.1, 0.15) is 11.9 Å². The fourth-order valence-electron chi connectivity index (χ4n) is 3.42.